The highest BCUT2D eigenvalue weighted by atomic mass is 16.2. The summed E-state index contributed by atoms with van der Waals surface area (Å²) in [4.78, 5) is 36.3. The summed E-state index contributed by atoms with van der Waals surface area (Å²) >= 11 is 0. The van der Waals surface area contributed by atoms with Gasteiger partial charge in [-0.2, -0.15) is 0 Å². The molecule has 134 valence electrons. The van der Waals surface area contributed by atoms with Gasteiger partial charge in [0, 0.05) is 5.92 Å². The summed E-state index contributed by atoms with van der Waals surface area (Å²) in [5, 5.41) is 0. The van der Waals surface area contributed by atoms with Crippen molar-refractivity contribution in [2.45, 2.75) is 44.9 Å². The fourth-order valence-electron chi connectivity index (χ4n) is 3.66. The second-order valence-corrected chi connectivity index (χ2v) is 6.93. The minimum atomic E-state index is -0.660. The van der Waals surface area contributed by atoms with Crippen molar-refractivity contribution in [1.29, 1.82) is 0 Å². The summed E-state index contributed by atoms with van der Waals surface area (Å²) in [6.45, 7) is 1.98. The first-order valence-corrected chi connectivity index (χ1v) is 8.94. The van der Waals surface area contributed by atoms with Gasteiger partial charge in [-0.25, -0.2) is 19.3 Å². The zero-order chi connectivity index (χ0) is 18.3. The molecule has 4 rings (SSSR count). The zero-order valence-corrected chi connectivity index (χ0v) is 14.7. The monoisotopic (exact) mass is 351 g/mol. The van der Waals surface area contributed by atoms with E-state index in [0.29, 0.717) is 22.7 Å². The Morgan fingerprint density at radius 1 is 1.15 bits per heavy atom. The lowest BCUT2D eigenvalue weighted by Crippen LogP contribution is -2.18. The number of aromatic nitrogens is 4. The number of amides is 1. The van der Waals surface area contributed by atoms with Crippen LogP contribution in [0, 0.1) is 6.92 Å². The maximum absolute atomic E-state index is 12.6. The van der Waals surface area contributed by atoms with E-state index < -0.39 is 5.91 Å². The normalized spacial score (nSPS) is 15.4. The van der Waals surface area contributed by atoms with Crippen LogP contribution < -0.4 is 11.4 Å². The summed E-state index contributed by atoms with van der Waals surface area (Å²) in [5.74, 6) is 0.139. The molecule has 0 aliphatic heterocycles. The number of rotatable bonds is 3. The predicted molar refractivity (Wildman–Crippen MR) is 98.6 cm³/mol. The molecular formula is C19H21N5O2. The lowest BCUT2D eigenvalue weighted by atomic mass is 9.88. The van der Waals surface area contributed by atoms with E-state index in [4.69, 9.17) is 5.73 Å². The number of carbonyl (C=O) groups excluding carboxylic acids is 1. The number of nitrogens with two attached hydrogens (primary N) is 1. The molecule has 0 bridgehead atoms. The molecule has 0 spiro atoms. The standard InChI is InChI=1S/C19H21N5O2/c1-11-7-9-13(10-8-11)24-18-15(22-19(24)26)14(16(20)25)21-17(23-18)12-5-3-2-4-6-12/h7-10,12H,2-6H2,1H3,(H2,20,25)(H,22,26). The first-order chi connectivity index (χ1) is 12.5. The highest BCUT2D eigenvalue weighted by Gasteiger charge is 2.24. The van der Waals surface area contributed by atoms with Gasteiger partial charge in [0.2, 0.25) is 0 Å². The Hall–Kier alpha value is -2.96. The molecule has 1 aliphatic carbocycles. The maximum Gasteiger partial charge on any atom is 0.332 e. The highest BCUT2D eigenvalue weighted by molar-refractivity contribution is 6.01. The molecule has 1 saturated carbocycles. The molecule has 26 heavy (non-hydrogen) atoms. The van der Waals surface area contributed by atoms with Gasteiger partial charge in [-0.1, -0.05) is 37.0 Å². The molecule has 1 aliphatic rings. The van der Waals surface area contributed by atoms with Crippen molar-refractivity contribution in [2.75, 3.05) is 0 Å². The van der Waals surface area contributed by atoms with Crippen molar-refractivity contribution < 1.29 is 4.79 Å². The van der Waals surface area contributed by atoms with Gasteiger partial charge in [0.05, 0.1) is 5.69 Å². The zero-order valence-electron chi connectivity index (χ0n) is 14.7. The molecule has 0 radical (unpaired) electrons. The number of nitrogens with zero attached hydrogens (tertiary/aromatic N) is 3. The Kier molecular flexibility index (Phi) is 4.06. The molecule has 3 aromatic rings. The molecule has 2 heterocycles. The molecule has 1 fully saturated rings. The summed E-state index contributed by atoms with van der Waals surface area (Å²) in [6, 6.07) is 7.57. The van der Waals surface area contributed by atoms with E-state index in [-0.39, 0.29) is 17.3 Å². The van der Waals surface area contributed by atoms with Crippen molar-refractivity contribution in [1.82, 2.24) is 19.5 Å². The fourth-order valence-corrected chi connectivity index (χ4v) is 3.66. The first-order valence-electron chi connectivity index (χ1n) is 8.94. The Labute approximate surface area is 150 Å². The van der Waals surface area contributed by atoms with E-state index in [1.807, 2.05) is 31.2 Å². The Balaban J connectivity index is 1.96. The number of fused-ring (bicyclic) bond motifs is 1. The van der Waals surface area contributed by atoms with Gasteiger partial charge < -0.3 is 10.7 Å². The van der Waals surface area contributed by atoms with E-state index >= 15 is 0 Å². The number of hydrogen-bond acceptors (Lipinski definition) is 4. The lowest BCUT2D eigenvalue weighted by molar-refractivity contribution is 0.0996. The summed E-state index contributed by atoms with van der Waals surface area (Å²) in [5.41, 5.74) is 7.74. The van der Waals surface area contributed by atoms with E-state index in [2.05, 4.69) is 15.0 Å². The average Bonchev–Trinajstić information content (AvgIpc) is 2.98. The molecule has 0 saturated heterocycles. The molecule has 1 aromatic carbocycles. The second kappa shape index (κ2) is 6.40. The molecule has 3 N–H and O–H groups in total. The largest absolute Gasteiger partial charge is 0.364 e. The van der Waals surface area contributed by atoms with E-state index in [9.17, 15) is 9.59 Å². The summed E-state index contributed by atoms with van der Waals surface area (Å²) in [7, 11) is 0. The van der Waals surface area contributed by atoms with Gasteiger partial charge in [-0.05, 0) is 31.9 Å². The van der Waals surface area contributed by atoms with Crippen LogP contribution in [0.3, 0.4) is 0 Å². The number of nitrogens with one attached hydrogen (secondary N) is 1. The van der Waals surface area contributed by atoms with Gasteiger partial charge >= 0.3 is 5.69 Å². The van der Waals surface area contributed by atoms with Gasteiger partial charge in [0.1, 0.15) is 11.3 Å². The van der Waals surface area contributed by atoms with E-state index in [1.54, 1.807) is 0 Å². The third-order valence-corrected chi connectivity index (χ3v) is 5.05. The Bertz CT molecular complexity index is 1030. The lowest BCUT2D eigenvalue weighted by Gasteiger charge is -2.20. The van der Waals surface area contributed by atoms with Gasteiger partial charge in [0.15, 0.2) is 11.3 Å². The van der Waals surface area contributed by atoms with Gasteiger partial charge in [-0.15, -0.1) is 0 Å². The van der Waals surface area contributed by atoms with E-state index in [0.717, 1.165) is 31.2 Å². The summed E-state index contributed by atoms with van der Waals surface area (Å²) < 4.78 is 1.48. The Morgan fingerprint density at radius 3 is 2.50 bits per heavy atom. The van der Waals surface area contributed by atoms with Crippen molar-refractivity contribution in [2.24, 2.45) is 5.73 Å². The van der Waals surface area contributed by atoms with Gasteiger partial charge in [-0.3, -0.25) is 4.79 Å². The molecule has 0 atom stereocenters. The quantitative estimate of drug-likeness (QED) is 0.756. The smallest absolute Gasteiger partial charge is 0.332 e. The van der Waals surface area contributed by atoms with Crippen LogP contribution in [0.25, 0.3) is 16.9 Å². The van der Waals surface area contributed by atoms with Crippen molar-refractivity contribution in [3.63, 3.8) is 0 Å². The number of aryl methyl sites for hydroxylation is 1. The van der Waals surface area contributed by atoms with Crippen LogP contribution in [0.15, 0.2) is 29.1 Å². The van der Waals surface area contributed by atoms with Crippen LogP contribution in [0.2, 0.25) is 0 Å². The maximum atomic E-state index is 12.6. The highest BCUT2D eigenvalue weighted by Crippen LogP contribution is 2.31. The first kappa shape index (κ1) is 16.5. The molecule has 1 amide bonds. The van der Waals surface area contributed by atoms with Crippen LogP contribution in [0.1, 0.15) is 59.9 Å². The molecular weight excluding hydrogens is 330 g/mol. The third-order valence-electron chi connectivity index (χ3n) is 5.05. The van der Waals surface area contributed by atoms with Crippen LogP contribution in [0.4, 0.5) is 0 Å². The van der Waals surface area contributed by atoms with Crippen LogP contribution >= 0.6 is 0 Å². The fraction of sp³-hybridized carbons (Fsp3) is 0.368. The number of H-pyrrole nitrogens is 1. The number of imidazole rings is 1. The van der Waals surface area contributed by atoms with E-state index in [1.165, 1.54) is 11.0 Å². The number of carbonyl (C=O) groups is 1. The second-order valence-electron chi connectivity index (χ2n) is 6.93. The molecule has 0 unspecified atom stereocenters. The number of hydrogen-bond donors (Lipinski definition) is 2. The minimum Gasteiger partial charge on any atom is -0.364 e. The average molecular weight is 351 g/mol. The number of primary amides is 1. The Morgan fingerprint density at radius 2 is 1.85 bits per heavy atom. The van der Waals surface area contributed by atoms with Crippen LogP contribution in [-0.2, 0) is 0 Å². The topological polar surface area (TPSA) is 107 Å². The third kappa shape index (κ3) is 2.79. The van der Waals surface area contributed by atoms with Crippen LogP contribution in [0.5, 0.6) is 0 Å². The van der Waals surface area contributed by atoms with Gasteiger partial charge in [0.25, 0.3) is 5.91 Å². The predicted octanol–water partition coefficient (Wildman–Crippen LogP) is 2.56. The van der Waals surface area contributed by atoms with Crippen molar-refractivity contribution >= 4 is 17.1 Å². The van der Waals surface area contributed by atoms with Crippen molar-refractivity contribution in [3.8, 4) is 5.69 Å². The van der Waals surface area contributed by atoms with Crippen molar-refractivity contribution in [3.05, 3.63) is 51.8 Å². The molecule has 7 heteroatoms. The minimum absolute atomic E-state index is 0.0820. The van der Waals surface area contributed by atoms with Crippen LogP contribution in [-0.4, -0.2) is 25.4 Å². The number of aromatic amines is 1. The number of benzene rings is 1. The molecule has 2 aromatic heterocycles. The summed E-state index contributed by atoms with van der Waals surface area (Å²) in [6.07, 6.45) is 5.43. The SMILES string of the molecule is Cc1ccc(-n2c(=O)[nH]c3c(C(N)=O)nc(C4CCCCC4)nc32)cc1. The molecule has 7 nitrogen and oxygen atoms in total.